The molecular weight excluding hydrogens is 269 g/mol. The van der Waals surface area contributed by atoms with Crippen molar-refractivity contribution in [2.75, 3.05) is 18.1 Å². The van der Waals surface area contributed by atoms with E-state index >= 15 is 0 Å². The van der Waals surface area contributed by atoms with Crippen molar-refractivity contribution in [3.63, 3.8) is 0 Å². The lowest BCUT2D eigenvalue weighted by atomic mass is 10.1. The number of rotatable bonds is 5. The van der Waals surface area contributed by atoms with Gasteiger partial charge in [0, 0.05) is 11.4 Å². The second-order valence-electron chi connectivity index (χ2n) is 3.26. The fourth-order valence-corrected chi connectivity index (χ4v) is 1.57. The molecule has 1 aromatic carbocycles. The zero-order chi connectivity index (χ0) is 13.8. The number of nitrogen functional groups attached to an aromatic ring is 1. The van der Waals surface area contributed by atoms with Crippen LogP contribution in [0.15, 0.2) is 18.2 Å². The van der Waals surface area contributed by atoms with Gasteiger partial charge in [-0.05, 0) is 30.0 Å². The Kier molecular flexibility index (Phi) is 4.71. The fourth-order valence-electron chi connectivity index (χ4n) is 1.18. The number of halogens is 3. The number of benzene rings is 1. The normalized spacial score (nSPS) is 11.3. The zero-order valence-corrected chi connectivity index (χ0v) is 9.98. The monoisotopic (exact) mass is 280 g/mol. The van der Waals surface area contributed by atoms with Crippen LogP contribution in [-0.2, 0) is 0 Å². The third-order valence-corrected chi connectivity index (χ3v) is 2.57. The predicted octanol–water partition coefficient (Wildman–Crippen LogP) is 2.00. The second kappa shape index (κ2) is 5.85. The molecule has 0 aliphatic rings. The van der Waals surface area contributed by atoms with Crippen LogP contribution in [0.4, 0.5) is 18.9 Å². The Morgan fingerprint density at radius 2 is 2.06 bits per heavy atom. The number of amides is 1. The summed E-state index contributed by atoms with van der Waals surface area (Å²) >= 11 is -0.196. The second-order valence-corrected chi connectivity index (χ2v) is 4.42. The van der Waals surface area contributed by atoms with Crippen LogP contribution in [0.2, 0.25) is 0 Å². The van der Waals surface area contributed by atoms with Crippen LogP contribution in [0.3, 0.4) is 0 Å². The van der Waals surface area contributed by atoms with Crippen molar-refractivity contribution < 1.29 is 22.7 Å². The van der Waals surface area contributed by atoms with Gasteiger partial charge in [0.15, 0.2) is 0 Å². The SMILES string of the molecule is NC(=O)c1cc(N)ccc1OCCSC(F)(F)F. The average Bonchev–Trinajstić information content (AvgIpc) is 2.24. The fraction of sp³-hybridized carbons (Fsp3) is 0.300. The summed E-state index contributed by atoms with van der Waals surface area (Å²) < 4.78 is 40.6. The maximum Gasteiger partial charge on any atom is 0.441 e. The summed E-state index contributed by atoms with van der Waals surface area (Å²) in [6, 6.07) is 4.18. The van der Waals surface area contributed by atoms with Crippen molar-refractivity contribution in [2.24, 2.45) is 5.73 Å². The van der Waals surface area contributed by atoms with Crippen molar-refractivity contribution in [1.82, 2.24) is 0 Å². The molecule has 0 aliphatic carbocycles. The summed E-state index contributed by atoms with van der Waals surface area (Å²) in [5.41, 5.74) is 6.63. The molecule has 1 aromatic rings. The summed E-state index contributed by atoms with van der Waals surface area (Å²) in [4.78, 5) is 11.1. The number of anilines is 1. The first-order valence-corrected chi connectivity index (χ1v) is 5.81. The molecule has 0 saturated carbocycles. The summed E-state index contributed by atoms with van der Waals surface area (Å²) in [5.74, 6) is -0.897. The molecule has 0 spiro atoms. The Morgan fingerprint density at radius 1 is 1.39 bits per heavy atom. The highest BCUT2D eigenvalue weighted by molar-refractivity contribution is 8.00. The molecule has 4 N–H and O–H groups in total. The maximum absolute atomic E-state index is 11.9. The topological polar surface area (TPSA) is 78.3 Å². The van der Waals surface area contributed by atoms with Gasteiger partial charge in [0.1, 0.15) is 5.75 Å². The van der Waals surface area contributed by atoms with Crippen LogP contribution in [0, 0.1) is 0 Å². The minimum Gasteiger partial charge on any atom is -0.492 e. The standard InChI is InChI=1S/C10H11F3N2O2S/c11-10(12,13)18-4-3-17-8-2-1-6(14)5-7(8)9(15)16/h1-2,5H,3-4,14H2,(H2,15,16). The van der Waals surface area contributed by atoms with Crippen molar-refractivity contribution in [3.8, 4) is 5.75 Å². The van der Waals surface area contributed by atoms with Gasteiger partial charge < -0.3 is 16.2 Å². The molecule has 0 radical (unpaired) electrons. The number of nitrogens with two attached hydrogens (primary N) is 2. The van der Waals surface area contributed by atoms with Crippen LogP contribution < -0.4 is 16.2 Å². The first kappa shape index (κ1) is 14.5. The van der Waals surface area contributed by atoms with Gasteiger partial charge in [0.2, 0.25) is 0 Å². The third kappa shape index (κ3) is 4.74. The van der Waals surface area contributed by atoms with Crippen LogP contribution in [0.25, 0.3) is 0 Å². The molecule has 0 saturated heterocycles. The Bertz CT molecular complexity index is 438. The molecule has 0 bridgehead atoms. The number of hydrogen-bond acceptors (Lipinski definition) is 4. The van der Waals surface area contributed by atoms with Gasteiger partial charge in [-0.15, -0.1) is 0 Å². The molecule has 100 valence electrons. The van der Waals surface area contributed by atoms with Gasteiger partial charge in [-0.25, -0.2) is 0 Å². The van der Waals surface area contributed by atoms with E-state index < -0.39 is 11.4 Å². The Labute approximate surface area is 105 Å². The Hall–Kier alpha value is -1.57. The van der Waals surface area contributed by atoms with Crippen LogP contribution in [0.1, 0.15) is 10.4 Å². The molecule has 18 heavy (non-hydrogen) atoms. The van der Waals surface area contributed by atoms with Crippen molar-refractivity contribution in [2.45, 2.75) is 5.51 Å². The van der Waals surface area contributed by atoms with E-state index in [9.17, 15) is 18.0 Å². The van der Waals surface area contributed by atoms with Crippen molar-refractivity contribution in [1.29, 1.82) is 0 Å². The number of hydrogen-bond donors (Lipinski definition) is 2. The van der Waals surface area contributed by atoms with E-state index in [1.54, 1.807) is 0 Å². The molecule has 0 atom stereocenters. The van der Waals surface area contributed by atoms with Gasteiger partial charge in [-0.3, -0.25) is 4.79 Å². The summed E-state index contributed by atoms with van der Waals surface area (Å²) in [6.07, 6.45) is 0. The first-order chi connectivity index (χ1) is 8.29. The highest BCUT2D eigenvalue weighted by atomic mass is 32.2. The highest BCUT2D eigenvalue weighted by Gasteiger charge is 2.27. The summed E-state index contributed by atoms with van der Waals surface area (Å²) in [5, 5.41) is 0. The molecule has 8 heteroatoms. The van der Waals surface area contributed by atoms with Gasteiger partial charge in [-0.1, -0.05) is 0 Å². The number of ether oxygens (including phenoxy) is 1. The molecule has 0 aromatic heterocycles. The average molecular weight is 280 g/mol. The van der Waals surface area contributed by atoms with Gasteiger partial charge in [-0.2, -0.15) is 13.2 Å². The van der Waals surface area contributed by atoms with E-state index in [0.717, 1.165) is 0 Å². The Balaban J connectivity index is 2.59. The van der Waals surface area contributed by atoms with E-state index in [1.165, 1.54) is 18.2 Å². The molecule has 0 unspecified atom stereocenters. The lowest BCUT2D eigenvalue weighted by Gasteiger charge is -2.10. The largest absolute Gasteiger partial charge is 0.492 e. The lowest BCUT2D eigenvalue weighted by Crippen LogP contribution is -2.15. The minimum absolute atomic E-state index is 0.0482. The molecule has 0 aliphatic heterocycles. The first-order valence-electron chi connectivity index (χ1n) is 4.82. The van der Waals surface area contributed by atoms with Crippen LogP contribution in [0.5, 0.6) is 5.75 Å². The van der Waals surface area contributed by atoms with Gasteiger partial charge >= 0.3 is 5.51 Å². The van der Waals surface area contributed by atoms with E-state index in [2.05, 4.69) is 0 Å². The van der Waals surface area contributed by atoms with Crippen LogP contribution in [-0.4, -0.2) is 23.8 Å². The molecule has 0 heterocycles. The number of carbonyl (C=O) groups is 1. The number of alkyl halides is 3. The third-order valence-electron chi connectivity index (χ3n) is 1.88. The number of thioether (sulfide) groups is 1. The summed E-state index contributed by atoms with van der Waals surface area (Å²) in [6.45, 7) is -0.186. The van der Waals surface area contributed by atoms with E-state index in [-0.39, 0.29) is 35.4 Å². The molecule has 0 fully saturated rings. The van der Waals surface area contributed by atoms with Crippen molar-refractivity contribution >= 4 is 23.4 Å². The van der Waals surface area contributed by atoms with E-state index in [1.807, 2.05) is 0 Å². The molecule has 4 nitrogen and oxygen atoms in total. The van der Waals surface area contributed by atoms with E-state index in [0.29, 0.717) is 5.69 Å². The molecule has 1 amide bonds. The predicted molar refractivity (Wildman–Crippen MR) is 63.4 cm³/mol. The number of primary amides is 1. The van der Waals surface area contributed by atoms with Gasteiger partial charge in [0.05, 0.1) is 12.2 Å². The maximum atomic E-state index is 11.9. The van der Waals surface area contributed by atoms with E-state index in [4.69, 9.17) is 16.2 Å². The smallest absolute Gasteiger partial charge is 0.441 e. The van der Waals surface area contributed by atoms with Gasteiger partial charge in [0.25, 0.3) is 5.91 Å². The minimum atomic E-state index is -4.29. The Morgan fingerprint density at radius 3 is 2.61 bits per heavy atom. The van der Waals surface area contributed by atoms with Crippen LogP contribution >= 0.6 is 11.8 Å². The highest BCUT2D eigenvalue weighted by Crippen LogP contribution is 2.30. The lowest BCUT2D eigenvalue weighted by molar-refractivity contribution is -0.0329. The molecule has 1 rings (SSSR count). The zero-order valence-electron chi connectivity index (χ0n) is 9.16. The quantitative estimate of drug-likeness (QED) is 0.638. The number of carbonyl (C=O) groups excluding carboxylic acids is 1. The van der Waals surface area contributed by atoms with Crippen molar-refractivity contribution in [3.05, 3.63) is 23.8 Å². The molecular formula is C10H11F3N2O2S. The summed E-state index contributed by atoms with van der Waals surface area (Å²) in [7, 11) is 0.